The Balaban J connectivity index is 1.39. The number of benzene rings is 1. The Hall–Kier alpha value is -3.81. The second kappa shape index (κ2) is 9.13. The van der Waals surface area contributed by atoms with Crippen LogP contribution in [0.2, 0.25) is 0 Å². The van der Waals surface area contributed by atoms with E-state index in [9.17, 15) is 9.90 Å². The summed E-state index contributed by atoms with van der Waals surface area (Å²) in [6.45, 7) is 5.08. The molecule has 10 nitrogen and oxygen atoms in total. The van der Waals surface area contributed by atoms with Crippen LogP contribution in [0.5, 0.6) is 5.75 Å². The normalized spacial score (nSPS) is 13.4. The lowest BCUT2D eigenvalue weighted by atomic mass is 9.95. The molecule has 1 atom stereocenters. The van der Waals surface area contributed by atoms with Crippen LogP contribution in [0.4, 0.5) is 0 Å². The minimum atomic E-state index is -0.750. The molecule has 1 aliphatic heterocycles. The molecule has 10 heteroatoms. The summed E-state index contributed by atoms with van der Waals surface area (Å²) < 4.78 is 12.0. The molecule has 0 spiro atoms. The van der Waals surface area contributed by atoms with Gasteiger partial charge in [-0.15, -0.1) is 5.10 Å². The van der Waals surface area contributed by atoms with E-state index in [-0.39, 0.29) is 12.6 Å². The molecule has 0 aliphatic carbocycles. The van der Waals surface area contributed by atoms with Crippen molar-refractivity contribution in [3.63, 3.8) is 0 Å². The van der Waals surface area contributed by atoms with Gasteiger partial charge >= 0.3 is 5.97 Å². The van der Waals surface area contributed by atoms with Crippen LogP contribution in [0.25, 0.3) is 5.82 Å². The first-order valence-electron chi connectivity index (χ1n) is 10.1. The molecule has 2 N–H and O–H groups in total. The maximum Gasteiger partial charge on any atom is 0.338 e. The van der Waals surface area contributed by atoms with Gasteiger partial charge in [-0.3, -0.25) is 0 Å². The minimum absolute atomic E-state index is 0.242. The van der Waals surface area contributed by atoms with Crippen molar-refractivity contribution in [3.8, 4) is 17.6 Å². The standard InChI is InChI=1S/C22H22N6O4/c1-3-31-20-6-21(25-8-14(20)7-23)28-11-15(26-27-28)9-24-10-19(29)16-4-5-17-18(13(16)2)12-32-22(17)30/h4-6,8,11,19,24,29H,3,9-10,12H2,1-2H3/t19-/m0/s1. The summed E-state index contributed by atoms with van der Waals surface area (Å²) in [5, 5.41) is 31.1. The Morgan fingerprint density at radius 1 is 1.44 bits per heavy atom. The Bertz CT molecular complexity index is 1200. The Kier molecular flexibility index (Phi) is 6.11. The van der Waals surface area contributed by atoms with Gasteiger partial charge in [-0.2, -0.15) is 5.26 Å². The zero-order valence-corrected chi connectivity index (χ0v) is 17.7. The van der Waals surface area contributed by atoms with Crippen molar-refractivity contribution >= 4 is 5.97 Å². The number of fused-ring (bicyclic) bond motifs is 1. The SMILES string of the molecule is CCOc1cc(-n2cc(CNC[C@H](O)c3ccc4c(c3C)COC4=O)nn2)ncc1C#N. The third kappa shape index (κ3) is 4.16. The van der Waals surface area contributed by atoms with Crippen LogP contribution >= 0.6 is 0 Å². The van der Waals surface area contributed by atoms with Crippen molar-refractivity contribution in [3.05, 3.63) is 64.1 Å². The molecule has 0 fully saturated rings. The maximum absolute atomic E-state index is 11.7. The predicted molar refractivity (Wildman–Crippen MR) is 112 cm³/mol. The molecule has 0 amide bonds. The van der Waals surface area contributed by atoms with Gasteiger partial charge in [0, 0.05) is 24.7 Å². The number of esters is 1. The molecule has 0 saturated heterocycles. The second-order valence-corrected chi connectivity index (χ2v) is 7.27. The lowest BCUT2D eigenvalue weighted by Gasteiger charge is -2.16. The third-order valence-electron chi connectivity index (χ3n) is 5.26. The average Bonchev–Trinajstić information content (AvgIpc) is 3.41. The summed E-state index contributed by atoms with van der Waals surface area (Å²) in [7, 11) is 0. The van der Waals surface area contributed by atoms with E-state index in [0.29, 0.717) is 48.1 Å². The fourth-order valence-corrected chi connectivity index (χ4v) is 3.58. The lowest BCUT2D eigenvalue weighted by Crippen LogP contribution is -2.22. The van der Waals surface area contributed by atoms with Gasteiger partial charge < -0.3 is 19.9 Å². The van der Waals surface area contributed by atoms with E-state index in [0.717, 1.165) is 16.7 Å². The van der Waals surface area contributed by atoms with Crippen molar-refractivity contribution in [2.24, 2.45) is 0 Å². The highest BCUT2D eigenvalue weighted by molar-refractivity contribution is 5.93. The third-order valence-corrected chi connectivity index (χ3v) is 5.26. The largest absolute Gasteiger partial charge is 0.492 e. The van der Waals surface area contributed by atoms with Gasteiger partial charge in [-0.1, -0.05) is 11.3 Å². The number of nitrogens with one attached hydrogen (secondary N) is 1. The van der Waals surface area contributed by atoms with E-state index in [2.05, 4.69) is 20.6 Å². The summed E-state index contributed by atoms with van der Waals surface area (Å²) in [6.07, 6.45) is 2.40. The van der Waals surface area contributed by atoms with Crippen molar-refractivity contribution in [2.45, 2.75) is 33.1 Å². The van der Waals surface area contributed by atoms with Gasteiger partial charge in [0.15, 0.2) is 5.82 Å². The predicted octanol–water partition coefficient (Wildman–Crippen LogP) is 1.73. The summed E-state index contributed by atoms with van der Waals surface area (Å²) >= 11 is 0. The van der Waals surface area contributed by atoms with Crippen LogP contribution in [0.1, 0.15) is 51.3 Å². The van der Waals surface area contributed by atoms with Gasteiger partial charge in [0.05, 0.1) is 36.4 Å². The van der Waals surface area contributed by atoms with E-state index >= 15 is 0 Å². The van der Waals surface area contributed by atoms with Gasteiger partial charge in [-0.05, 0) is 31.0 Å². The number of aliphatic hydroxyl groups is 1. The number of ether oxygens (including phenoxy) is 2. The highest BCUT2D eigenvalue weighted by Gasteiger charge is 2.25. The molecule has 3 heterocycles. The number of cyclic esters (lactones) is 1. The average molecular weight is 434 g/mol. The molecule has 4 rings (SSSR count). The van der Waals surface area contributed by atoms with Gasteiger partial charge in [0.2, 0.25) is 0 Å². The van der Waals surface area contributed by atoms with Crippen LogP contribution in [-0.2, 0) is 17.9 Å². The number of hydrogen-bond acceptors (Lipinski definition) is 9. The first-order chi connectivity index (χ1) is 15.5. The molecule has 1 aromatic carbocycles. The fourth-order valence-electron chi connectivity index (χ4n) is 3.58. The number of carbonyl (C=O) groups excluding carboxylic acids is 1. The monoisotopic (exact) mass is 434 g/mol. The van der Waals surface area contributed by atoms with E-state index in [1.54, 1.807) is 24.4 Å². The molecule has 32 heavy (non-hydrogen) atoms. The van der Waals surface area contributed by atoms with Crippen LogP contribution in [0.3, 0.4) is 0 Å². The Morgan fingerprint density at radius 3 is 3.06 bits per heavy atom. The van der Waals surface area contributed by atoms with E-state index in [1.807, 2.05) is 19.9 Å². The summed E-state index contributed by atoms with van der Waals surface area (Å²) in [6, 6.07) is 7.14. The van der Waals surface area contributed by atoms with Gasteiger partial charge in [0.25, 0.3) is 0 Å². The van der Waals surface area contributed by atoms with Crippen molar-refractivity contribution in [2.75, 3.05) is 13.2 Å². The number of nitrogens with zero attached hydrogens (tertiary/aromatic N) is 5. The lowest BCUT2D eigenvalue weighted by molar-refractivity contribution is 0.0535. The van der Waals surface area contributed by atoms with Crippen molar-refractivity contribution in [1.29, 1.82) is 5.26 Å². The molecule has 1 aliphatic rings. The molecular formula is C22H22N6O4. The van der Waals surface area contributed by atoms with Gasteiger partial charge in [-0.25, -0.2) is 14.5 Å². The molecule has 2 aromatic heterocycles. The van der Waals surface area contributed by atoms with Crippen LogP contribution in [0, 0.1) is 18.3 Å². The highest BCUT2D eigenvalue weighted by atomic mass is 16.5. The van der Waals surface area contributed by atoms with Crippen LogP contribution < -0.4 is 10.1 Å². The molecule has 3 aromatic rings. The highest BCUT2D eigenvalue weighted by Crippen LogP contribution is 2.29. The maximum atomic E-state index is 11.7. The number of nitriles is 1. The van der Waals surface area contributed by atoms with Crippen molar-refractivity contribution in [1.82, 2.24) is 25.3 Å². The molecule has 0 unspecified atom stereocenters. The number of aromatic nitrogens is 4. The summed E-state index contributed by atoms with van der Waals surface area (Å²) in [4.78, 5) is 15.9. The zero-order chi connectivity index (χ0) is 22.7. The smallest absolute Gasteiger partial charge is 0.338 e. The quantitative estimate of drug-likeness (QED) is 0.508. The summed E-state index contributed by atoms with van der Waals surface area (Å²) in [5.74, 6) is 0.599. The number of hydrogen-bond donors (Lipinski definition) is 2. The summed E-state index contributed by atoms with van der Waals surface area (Å²) in [5.41, 5.74) is 4.02. The molecule has 0 bridgehead atoms. The van der Waals surface area contributed by atoms with E-state index < -0.39 is 6.10 Å². The molecule has 0 radical (unpaired) electrons. The number of pyridine rings is 1. The first kappa shape index (κ1) is 21.4. The molecular weight excluding hydrogens is 412 g/mol. The second-order valence-electron chi connectivity index (χ2n) is 7.27. The van der Waals surface area contributed by atoms with Gasteiger partial charge in [0.1, 0.15) is 24.0 Å². The molecule has 164 valence electrons. The zero-order valence-electron chi connectivity index (χ0n) is 17.7. The van der Waals surface area contributed by atoms with E-state index in [4.69, 9.17) is 14.7 Å². The fraction of sp³-hybridized carbons (Fsp3) is 0.318. The molecule has 0 saturated carbocycles. The van der Waals surface area contributed by atoms with Crippen LogP contribution in [0.15, 0.2) is 30.6 Å². The minimum Gasteiger partial charge on any atom is -0.492 e. The topological polar surface area (TPSA) is 135 Å². The Labute approximate surface area is 184 Å². The first-order valence-corrected chi connectivity index (χ1v) is 10.1. The van der Waals surface area contributed by atoms with Crippen molar-refractivity contribution < 1.29 is 19.4 Å². The van der Waals surface area contributed by atoms with Crippen LogP contribution in [-0.4, -0.2) is 44.2 Å². The number of aliphatic hydroxyl groups excluding tert-OH is 1. The number of carbonyl (C=O) groups is 1. The Morgan fingerprint density at radius 2 is 2.28 bits per heavy atom. The number of rotatable bonds is 8. The van der Waals surface area contributed by atoms with E-state index in [1.165, 1.54) is 10.9 Å².